The fourth-order valence-electron chi connectivity index (χ4n) is 3.98. The Hall–Kier alpha value is -3.38. The number of carbonyl (C=O) groups is 1. The molecule has 1 amide bonds. The number of ether oxygens (including phenoxy) is 2. The molecule has 6 nitrogen and oxygen atoms in total. The number of aromatic nitrogens is 1. The maximum atomic E-state index is 13.2. The third kappa shape index (κ3) is 3.62. The van der Waals surface area contributed by atoms with E-state index in [2.05, 4.69) is 15.2 Å². The van der Waals surface area contributed by atoms with Gasteiger partial charge in [-0.05, 0) is 23.8 Å². The van der Waals surface area contributed by atoms with E-state index < -0.39 is 5.92 Å². The Bertz CT molecular complexity index is 1000. The van der Waals surface area contributed by atoms with Crippen LogP contribution in [0.15, 0.2) is 66.9 Å². The molecule has 0 unspecified atom stereocenters. The SMILES string of the molecule is O=C(NCc1ccc(N2CCOCC2)nc1)C1c2ccccc2Oc2ccccc21. The molecule has 1 aromatic heterocycles. The number of benzene rings is 2. The highest BCUT2D eigenvalue weighted by Gasteiger charge is 2.32. The van der Waals surface area contributed by atoms with Crippen LogP contribution >= 0.6 is 0 Å². The Labute approximate surface area is 175 Å². The summed E-state index contributed by atoms with van der Waals surface area (Å²) in [6.45, 7) is 3.59. The Morgan fingerprint density at radius 2 is 1.63 bits per heavy atom. The summed E-state index contributed by atoms with van der Waals surface area (Å²) in [6.07, 6.45) is 1.83. The van der Waals surface area contributed by atoms with Gasteiger partial charge in [-0.15, -0.1) is 0 Å². The zero-order valence-electron chi connectivity index (χ0n) is 16.6. The predicted octanol–water partition coefficient (Wildman–Crippen LogP) is 3.47. The van der Waals surface area contributed by atoms with Crippen molar-refractivity contribution in [2.75, 3.05) is 31.2 Å². The predicted molar refractivity (Wildman–Crippen MR) is 114 cm³/mol. The number of amides is 1. The Morgan fingerprint density at radius 1 is 0.967 bits per heavy atom. The van der Waals surface area contributed by atoms with Crippen molar-refractivity contribution in [1.29, 1.82) is 0 Å². The van der Waals surface area contributed by atoms with Gasteiger partial charge >= 0.3 is 0 Å². The van der Waals surface area contributed by atoms with Gasteiger partial charge in [0.25, 0.3) is 0 Å². The first-order chi connectivity index (χ1) is 14.8. The van der Waals surface area contributed by atoms with Gasteiger partial charge < -0.3 is 19.7 Å². The van der Waals surface area contributed by atoms with E-state index in [1.807, 2.05) is 66.9 Å². The van der Waals surface area contributed by atoms with Crippen LogP contribution in [0.1, 0.15) is 22.6 Å². The van der Waals surface area contributed by atoms with Crippen molar-refractivity contribution in [3.8, 4) is 11.5 Å². The molecular weight excluding hydrogens is 378 g/mol. The molecule has 6 heteroatoms. The maximum absolute atomic E-state index is 13.2. The van der Waals surface area contributed by atoms with Gasteiger partial charge in [-0.1, -0.05) is 42.5 Å². The number of anilines is 1. The summed E-state index contributed by atoms with van der Waals surface area (Å²) in [5.41, 5.74) is 2.73. The van der Waals surface area contributed by atoms with Crippen molar-refractivity contribution in [2.45, 2.75) is 12.5 Å². The number of hydrogen-bond donors (Lipinski definition) is 1. The quantitative estimate of drug-likeness (QED) is 0.725. The summed E-state index contributed by atoms with van der Waals surface area (Å²) in [7, 11) is 0. The number of fused-ring (bicyclic) bond motifs is 2. The topological polar surface area (TPSA) is 63.7 Å². The minimum absolute atomic E-state index is 0.0459. The molecule has 2 aliphatic heterocycles. The molecule has 0 radical (unpaired) electrons. The van der Waals surface area contributed by atoms with Crippen molar-refractivity contribution in [2.24, 2.45) is 0 Å². The van der Waals surface area contributed by atoms with Gasteiger partial charge in [-0.25, -0.2) is 4.98 Å². The van der Waals surface area contributed by atoms with E-state index in [1.54, 1.807) is 0 Å². The van der Waals surface area contributed by atoms with E-state index in [0.717, 1.165) is 60.3 Å². The standard InChI is InChI=1S/C24H23N3O3/c28-24(26-16-17-9-10-22(25-15-17)27-11-13-29-14-12-27)23-18-5-1-3-7-20(18)30-21-8-4-2-6-19(21)23/h1-10,15,23H,11-14,16H2,(H,26,28). The first kappa shape index (κ1) is 18.6. The average Bonchev–Trinajstić information content (AvgIpc) is 2.82. The summed E-state index contributed by atoms with van der Waals surface area (Å²) in [4.78, 5) is 20.0. The second kappa shape index (κ2) is 8.16. The molecule has 1 fully saturated rings. The van der Waals surface area contributed by atoms with E-state index in [1.165, 1.54) is 0 Å². The molecule has 0 spiro atoms. The van der Waals surface area contributed by atoms with Crippen molar-refractivity contribution < 1.29 is 14.3 Å². The van der Waals surface area contributed by atoms with Crippen LogP contribution in [-0.4, -0.2) is 37.2 Å². The molecule has 0 bridgehead atoms. The lowest BCUT2D eigenvalue weighted by Gasteiger charge is -2.28. The van der Waals surface area contributed by atoms with Crippen molar-refractivity contribution >= 4 is 11.7 Å². The lowest BCUT2D eigenvalue weighted by molar-refractivity contribution is -0.122. The number of para-hydroxylation sites is 2. The summed E-state index contributed by atoms with van der Waals surface area (Å²) >= 11 is 0. The molecular formula is C24H23N3O3. The van der Waals surface area contributed by atoms with Crippen LogP contribution in [0, 0.1) is 0 Å². The minimum atomic E-state index is -0.397. The van der Waals surface area contributed by atoms with Crippen molar-refractivity contribution in [1.82, 2.24) is 10.3 Å². The fraction of sp³-hybridized carbons (Fsp3) is 0.250. The Kier molecular flexibility index (Phi) is 5.07. The van der Waals surface area contributed by atoms with Crippen LogP contribution in [0.25, 0.3) is 0 Å². The molecule has 30 heavy (non-hydrogen) atoms. The van der Waals surface area contributed by atoms with Crippen LogP contribution in [0.5, 0.6) is 11.5 Å². The van der Waals surface area contributed by atoms with Gasteiger partial charge in [-0.3, -0.25) is 4.79 Å². The largest absolute Gasteiger partial charge is 0.457 e. The van der Waals surface area contributed by atoms with Crippen LogP contribution in [-0.2, 0) is 16.1 Å². The second-order valence-electron chi connectivity index (χ2n) is 7.45. The normalized spacial score (nSPS) is 15.7. The highest BCUT2D eigenvalue weighted by Crippen LogP contribution is 2.43. The Morgan fingerprint density at radius 3 is 2.27 bits per heavy atom. The molecule has 2 aliphatic rings. The lowest BCUT2D eigenvalue weighted by atomic mass is 9.87. The molecule has 0 saturated carbocycles. The highest BCUT2D eigenvalue weighted by atomic mass is 16.5. The van der Waals surface area contributed by atoms with Crippen LogP contribution in [0.3, 0.4) is 0 Å². The van der Waals surface area contributed by atoms with E-state index in [-0.39, 0.29) is 5.91 Å². The molecule has 2 aromatic carbocycles. The fourth-order valence-corrected chi connectivity index (χ4v) is 3.98. The van der Waals surface area contributed by atoms with Crippen LogP contribution in [0.2, 0.25) is 0 Å². The molecule has 0 aliphatic carbocycles. The van der Waals surface area contributed by atoms with Crippen LogP contribution in [0.4, 0.5) is 5.82 Å². The lowest BCUT2D eigenvalue weighted by Crippen LogP contribution is -2.36. The summed E-state index contributed by atoms with van der Waals surface area (Å²) in [6, 6.07) is 19.4. The highest BCUT2D eigenvalue weighted by molar-refractivity contribution is 5.89. The van der Waals surface area contributed by atoms with Gasteiger partial charge in [0.05, 0.1) is 19.1 Å². The number of rotatable bonds is 4. The van der Waals surface area contributed by atoms with E-state index >= 15 is 0 Å². The van der Waals surface area contributed by atoms with Gasteiger partial charge in [0.1, 0.15) is 17.3 Å². The molecule has 152 valence electrons. The monoisotopic (exact) mass is 401 g/mol. The van der Waals surface area contributed by atoms with E-state index in [0.29, 0.717) is 6.54 Å². The third-order valence-electron chi connectivity index (χ3n) is 5.55. The molecule has 1 N–H and O–H groups in total. The first-order valence-corrected chi connectivity index (χ1v) is 10.2. The zero-order chi connectivity index (χ0) is 20.3. The number of hydrogen-bond acceptors (Lipinski definition) is 5. The number of nitrogens with zero attached hydrogens (tertiary/aromatic N) is 2. The number of pyridine rings is 1. The van der Waals surface area contributed by atoms with E-state index in [4.69, 9.17) is 9.47 Å². The van der Waals surface area contributed by atoms with Gasteiger partial charge in [0.2, 0.25) is 5.91 Å². The van der Waals surface area contributed by atoms with Crippen molar-refractivity contribution in [3.05, 3.63) is 83.6 Å². The van der Waals surface area contributed by atoms with Crippen LogP contribution < -0.4 is 15.0 Å². The summed E-state index contributed by atoms with van der Waals surface area (Å²) in [5.74, 6) is 1.96. The Balaban J connectivity index is 1.31. The molecule has 5 rings (SSSR count). The number of nitrogens with one attached hydrogen (secondary N) is 1. The third-order valence-corrected chi connectivity index (χ3v) is 5.55. The molecule has 1 saturated heterocycles. The summed E-state index contributed by atoms with van der Waals surface area (Å²) in [5, 5.41) is 3.08. The van der Waals surface area contributed by atoms with Crippen molar-refractivity contribution in [3.63, 3.8) is 0 Å². The summed E-state index contributed by atoms with van der Waals surface area (Å²) < 4.78 is 11.4. The first-order valence-electron chi connectivity index (χ1n) is 10.2. The zero-order valence-corrected chi connectivity index (χ0v) is 16.6. The van der Waals surface area contributed by atoms with Gasteiger partial charge in [-0.2, -0.15) is 0 Å². The number of morpholine rings is 1. The van der Waals surface area contributed by atoms with Gasteiger partial charge in [0, 0.05) is 37.0 Å². The van der Waals surface area contributed by atoms with Gasteiger partial charge in [0.15, 0.2) is 0 Å². The second-order valence-corrected chi connectivity index (χ2v) is 7.45. The number of carbonyl (C=O) groups excluding carboxylic acids is 1. The smallest absolute Gasteiger partial charge is 0.232 e. The molecule has 0 atom stereocenters. The van der Waals surface area contributed by atoms with E-state index in [9.17, 15) is 4.79 Å². The molecule has 3 aromatic rings. The maximum Gasteiger partial charge on any atom is 0.232 e. The molecule has 3 heterocycles. The minimum Gasteiger partial charge on any atom is -0.457 e. The average molecular weight is 401 g/mol.